The van der Waals surface area contributed by atoms with E-state index in [2.05, 4.69) is 4.98 Å². The third-order valence-corrected chi connectivity index (χ3v) is 4.35. The van der Waals surface area contributed by atoms with Gasteiger partial charge >= 0.3 is 0 Å². The van der Waals surface area contributed by atoms with Crippen LogP contribution in [0.1, 0.15) is 19.5 Å². The molecule has 4 nitrogen and oxygen atoms in total. The summed E-state index contributed by atoms with van der Waals surface area (Å²) >= 11 is 1.49. The minimum atomic E-state index is -0.477. The molecule has 1 amide bonds. The summed E-state index contributed by atoms with van der Waals surface area (Å²) in [5.41, 5.74) is 1.47. The van der Waals surface area contributed by atoms with Crippen molar-refractivity contribution in [1.82, 2.24) is 4.98 Å². The summed E-state index contributed by atoms with van der Waals surface area (Å²) < 4.78 is 18.9. The van der Waals surface area contributed by atoms with Crippen molar-refractivity contribution in [2.45, 2.75) is 25.6 Å². The lowest BCUT2D eigenvalue weighted by molar-refractivity contribution is -0.116. The van der Waals surface area contributed by atoms with Gasteiger partial charge in [0, 0.05) is 29.7 Å². The second-order valence-corrected chi connectivity index (χ2v) is 6.48. The molecule has 128 valence electrons. The van der Waals surface area contributed by atoms with Gasteiger partial charge in [0.1, 0.15) is 0 Å². The van der Waals surface area contributed by atoms with E-state index in [1.807, 2.05) is 32.0 Å². The van der Waals surface area contributed by atoms with Crippen molar-refractivity contribution in [3.8, 4) is 5.75 Å². The second kappa shape index (κ2) is 8.68. The Morgan fingerprint density at radius 1 is 1.33 bits per heavy atom. The summed E-state index contributed by atoms with van der Waals surface area (Å²) in [6, 6.07) is 10.2. The highest BCUT2D eigenvalue weighted by atomic mass is 32.2. The molecular weight excluding hydrogens is 327 g/mol. The number of thioether (sulfide) groups is 1. The van der Waals surface area contributed by atoms with Crippen LogP contribution in [-0.4, -0.2) is 29.8 Å². The van der Waals surface area contributed by atoms with Crippen LogP contribution in [0.5, 0.6) is 5.75 Å². The number of halogens is 1. The minimum Gasteiger partial charge on any atom is -0.494 e. The van der Waals surface area contributed by atoms with Gasteiger partial charge in [-0.1, -0.05) is 6.07 Å². The lowest BCUT2D eigenvalue weighted by atomic mass is 10.2. The molecule has 0 atom stereocenters. The van der Waals surface area contributed by atoms with Crippen LogP contribution in [0.25, 0.3) is 0 Å². The molecule has 0 fully saturated rings. The van der Waals surface area contributed by atoms with Crippen LogP contribution in [0.3, 0.4) is 0 Å². The van der Waals surface area contributed by atoms with Crippen LogP contribution >= 0.6 is 11.8 Å². The summed E-state index contributed by atoms with van der Waals surface area (Å²) in [6.07, 6.45) is 1.73. The zero-order valence-electron chi connectivity index (χ0n) is 14.0. The van der Waals surface area contributed by atoms with Crippen molar-refractivity contribution in [3.63, 3.8) is 0 Å². The van der Waals surface area contributed by atoms with Crippen LogP contribution in [0.4, 0.5) is 10.1 Å². The molecule has 0 bridgehead atoms. The number of hydrogen-bond donors (Lipinski definition) is 0. The fourth-order valence-electron chi connectivity index (χ4n) is 2.33. The van der Waals surface area contributed by atoms with Gasteiger partial charge in [-0.25, -0.2) is 4.39 Å². The second-order valence-electron chi connectivity index (χ2n) is 5.49. The highest BCUT2D eigenvalue weighted by molar-refractivity contribution is 7.99. The van der Waals surface area contributed by atoms with E-state index < -0.39 is 5.82 Å². The molecule has 2 rings (SSSR count). The SMILES string of the molecule is COc1ccc(N(C(=O)CSCc2ccccn2)C(C)C)cc1F. The van der Waals surface area contributed by atoms with E-state index in [-0.39, 0.29) is 17.7 Å². The molecule has 6 heteroatoms. The van der Waals surface area contributed by atoms with Gasteiger partial charge in [-0.2, -0.15) is 0 Å². The van der Waals surface area contributed by atoms with E-state index in [9.17, 15) is 9.18 Å². The summed E-state index contributed by atoms with van der Waals surface area (Å²) in [4.78, 5) is 18.4. The molecule has 0 aliphatic carbocycles. The summed E-state index contributed by atoms with van der Waals surface area (Å²) in [6.45, 7) is 3.81. The van der Waals surface area contributed by atoms with Gasteiger partial charge in [-0.05, 0) is 38.1 Å². The Hall–Kier alpha value is -2.08. The maximum Gasteiger partial charge on any atom is 0.237 e. The van der Waals surface area contributed by atoms with Crippen molar-refractivity contribution in [3.05, 3.63) is 54.1 Å². The van der Waals surface area contributed by atoms with Gasteiger partial charge in [0.2, 0.25) is 5.91 Å². The fraction of sp³-hybridized carbons (Fsp3) is 0.333. The molecule has 2 aromatic rings. The third-order valence-electron chi connectivity index (χ3n) is 3.40. The molecule has 0 N–H and O–H groups in total. The Labute approximate surface area is 146 Å². The smallest absolute Gasteiger partial charge is 0.237 e. The number of anilines is 1. The van der Waals surface area contributed by atoms with Crippen molar-refractivity contribution < 1.29 is 13.9 Å². The van der Waals surface area contributed by atoms with E-state index in [4.69, 9.17) is 4.74 Å². The first-order chi connectivity index (χ1) is 11.5. The summed E-state index contributed by atoms with van der Waals surface area (Å²) in [5, 5.41) is 0. The minimum absolute atomic E-state index is 0.0597. The van der Waals surface area contributed by atoms with Gasteiger partial charge in [-0.15, -0.1) is 11.8 Å². The summed E-state index contributed by atoms with van der Waals surface area (Å²) in [5.74, 6) is 0.599. The topological polar surface area (TPSA) is 42.4 Å². The molecule has 0 radical (unpaired) electrons. The number of ether oxygens (including phenoxy) is 1. The molecule has 1 heterocycles. The van der Waals surface area contributed by atoms with Gasteiger partial charge in [0.05, 0.1) is 18.6 Å². The van der Waals surface area contributed by atoms with E-state index in [0.717, 1.165) is 5.69 Å². The molecule has 1 aromatic carbocycles. The predicted molar refractivity (Wildman–Crippen MR) is 96.0 cm³/mol. The number of pyridine rings is 1. The zero-order valence-corrected chi connectivity index (χ0v) is 14.8. The van der Waals surface area contributed by atoms with Crippen LogP contribution in [0.2, 0.25) is 0 Å². The van der Waals surface area contributed by atoms with E-state index in [1.165, 1.54) is 31.0 Å². The number of nitrogens with zero attached hydrogens (tertiary/aromatic N) is 2. The number of amides is 1. The first-order valence-corrected chi connectivity index (χ1v) is 8.81. The number of rotatable bonds is 7. The van der Waals surface area contributed by atoms with Crippen molar-refractivity contribution >= 4 is 23.4 Å². The number of methoxy groups -OCH3 is 1. The number of aromatic nitrogens is 1. The van der Waals surface area contributed by atoms with Crippen molar-refractivity contribution in [2.75, 3.05) is 17.8 Å². The molecule has 0 unspecified atom stereocenters. The maximum atomic E-state index is 13.9. The van der Waals surface area contributed by atoms with Crippen LogP contribution in [-0.2, 0) is 10.5 Å². The predicted octanol–water partition coefficient (Wildman–Crippen LogP) is 3.90. The Bertz CT molecular complexity index is 680. The highest BCUT2D eigenvalue weighted by Gasteiger charge is 2.20. The Morgan fingerprint density at radius 3 is 2.71 bits per heavy atom. The molecule has 0 aliphatic heterocycles. The Kier molecular flexibility index (Phi) is 6.61. The lowest BCUT2D eigenvalue weighted by Crippen LogP contribution is -2.38. The summed E-state index contributed by atoms with van der Waals surface area (Å²) in [7, 11) is 1.41. The third kappa shape index (κ3) is 4.71. The molecule has 24 heavy (non-hydrogen) atoms. The maximum absolute atomic E-state index is 13.9. The molecule has 0 aliphatic rings. The first-order valence-electron chi connectivity index (χ1n) is 7.66. The normalized spacial score (nSPS) is 10.7. The van der Waals surface area contributed by atoms with Gasteiger partial charge in [0.15, 0.2) is 11.6 Å². The van der Waals surface area contributed by atoms with Crippen LogP contribution < -0.4 is 9.64 Å². The number of carbonyl (C=O) groups is 1. The number of hydrogen-bond acceptors (Lipinski definition) is 4. The average molecular weight is 348 g/mol. The van der Waals surface area contributed by atoms with Crippen LogP contribution in [0, 0.1) is 5.82 Å². The zero-order chi connectivity index (χ0) is 17.5. The lowest BCUT2D eigenvalue weighted by Gasteiger charge is -2.27. The van der Waals surface area contributed by atoms with E-state index in [0.29, 0.717) is 17.2 Å². The fourth-order valence-corrected chi connectivity index (χ4v) is 3.13. The molecule has 0 spiro atoms. The largest absolute Gasteiger partial charge is 0.494 e. The first kappa shape index (κ1) is 18.3. The van der Waals surface area contributed by atoms with Crippen molar-refractivity contribution in [1.29, 1.82) is 0 Å². The number of benzene rings is 1. The molecular formula is C18H21FN2O2S. The van der Waals surface area contributed by atoms with E-state index in [1.54, 1.807) is 17.2 Å². The molecule has 1 aromatic heterocycles. The van der Waals surface area contributed by atoms with Crippen LogP contribution in [0.15, 0.2) is 42.6 Å². The Balaban J connectivity index is 2.04. The standard InChI is InChI=1S/C18H21FN2O2S/c1-13(2)21(15-7-8-17(23-3)16(19)10-15)18(22)12-24-11-14-6-4-5-9-20-14/h4-10,13H,11-12H2,1-3H3. The van der Waals surface area contributed by atoms with E-state index >= 15 is 0 Å². The van der Waals surface area contributed by atoms with Gasteiger partial charge < -0.3 is 9.64 Å². The molecule has 0 saturated heterocycles. The molecule has 0 saturated carbocycles. The monoisotopic (exact) mass is 348 g/mol. The van der Waals surface area contributed by atoms with Gasteiger partial charge in [0.25, 0.3) is 0 Å². The van der Waals surface area contributed by atoms with Crippen molar-refractivity contribution in [2.24, 2.45) is 0 Å². The van der Waals surface area contributed by atoms with Gasteiger partial charge in [-0.3, -0.25) is 9.78 Å². The quantitative estimate of drug-likeness (QED) is 0.761. The average Bonchev–Trinajstić information content (AvgIpc) is 2.56. The highest BCUT2D eigenvalue weighted by Crippen LogP contribution is 2.26. The Morgan fingerprint density at radius 2 is 2.12 bits per heavy atom. The number of carbonyl (C=O) groups excluding carboxylic acids is 1.